The van der Waals surface area contributed by atoms with Crippen molar-refractivity contribution < 1.29 is 4.74 Å². The first kappa shape index (κ1) is 13.7. The van der Waals surface area contributed by atoms with E-state index in [2.05, 4.69) is 30.0 Å². The lowest BCUT2D eigenvalue weighted by molar-refractivity contribution is 0.208. The monoisotopic (exact) mass is 274 g/mol. The molecule has 0 aromatic heterocycles. The van der Waals surface area contributed by atoms with E-state index in [4.69, 9.17) is 10.5 Å². The van der Waals surface area contributed by atoms with Crippen molar-refractivity contribution in [3.05, 3.63) is 23.8 Å². The predicted molar refractivity (Wildman–Crippen MR) is 83.5 cm³/mol. The van der Waals surface area contributed by atoms with Crippen molar-refractivity contribution in [3.63, 3.8) is 0 Å². The first-order valence-electron chi connectivity index (χ1n) is 8.00. The van der Waals surface area contributed by atoms with Gasteiger partial charge in [-0.05, 0) is 69.2 Å². The van der Waals surface area contributed by atoms with Crippen LogP contribution >= 0.6 is 0 Å². The van der Waals surface area contributed by atoms with Gasteiger partial charge in [-0.15, -0.1) is 0 Å². The molecule has 0 bridgehead atoms. The molecule has 3 heteroatoms. The molecule has 1 aliphatic heterocycles. The van der Waals surface area contributed by atoms with Crippen molar-refractivity contribution in [2.75, 3.05) is 18.0 Å². The molecule has 1 aromatic carbocycles. The molecule has 3 nitrogen and oxygen atoms in total. The van der Waals surface area contributed by atoms with Crippen LogP contribution in [0, 0.1) is 6.92 Å². The number of nitrogens with two attached hydrogens (primary N) is 1. The molecule has 2 aliphatic rings. The Morgan fingerprint density at radius 1 is 1.10 bits per heavy atom. The fourth-order valence-corrected chi connectivity index (χ4v) is 3.31. The van der Waals surface area contributed by atoms with Gasteiger partial charge in [0.05, 0.1) is 6.10 Å². The zero-order valence-corrected chi connectivity index (χ0v) is 12.5. The summed E-state index contributed by atoms with van der Waals surface area (Å²) in [6.07, 6.45) is 7.69. The highest BCUT2D eigenvalue weighted by Crippen LogP contribution is 2.30. The third-order valence-corrected chi connectivity index (χ3v) is 4.66. The molecule has 2 N–H and O–H groups in total. The molecular formula is C17H26N2O. The van der Waals surface area contributed by atoms with E-state index in [0.717, 1.165) is 31.7 Å². The number of piperidine rings is 1. The van der Waals surface area contributed by atoms with E-state index in [9.17, 15) is 0 Å². The van der Waals surface area contributed by atoms with Crippen molar-refractivity contribution in [1.29, 1.82) is 0 Å². The van der Waals surface area contributed by atoms with Crippen molar-refractivity contribution in [1.82, 2.24) is 0 Å². The lowest BCUT2D eigenvalue weighted by Gasteiger charge is -2.32. The summed E-state index contributed by atoms with van der Waals surface area (Å²) in [4.78, 5) is 2.44. The van der Waals surface area contributed by atoms with Gasteiger partial charge in [0, 0.05) is 24.8 Å². The van der Waals surface area contributed by atoms with Crippen LogP contribution in [0.25, 0.3) is 0 Å². The van der Waals surface area contributed by atoms with Crippen molar-refractivity contribution in [2.45, 2.75) is 57.6 Å². The molecule has 0 radical (unpaired) electrons. The van der Waals surface area contributed by atoms with Crippen LogP contribution in [0.1, 0.15) is 44.1 Å². The highest BCUT2D eigenvalue weighted by Gasteiger charge is 2.19. The second-order valence-electron chi connectivity index (χ2n) is 6.30. The van der Waals surface area contributed by atoms with E-state index in [1.165, 1.54) is 36.9 Å². The number of anilines is 1. The van der Waals surface area contributed by atoms with Crippen LogP contribution < -0.4 is 15.4 Å². The summed E-state index contributed by atoms with van der Waals surface area (Å²) in [6, 6.07) is 7.00. The number of benzene rings is 1. The molecule has 0 unspecified atom stereocenters. The Bertz CT molecular complexity index is 446. The number of ether oxygens (including phenoxy) is 1. The summed E-state index contributed by atoms with van der Waals surface area (Å²) in [7, 11) is 0. The zero-order valence-electron chi connectivity index (χ0n) is 12.5. The third-order valence-electron chi connectivity index (χ3n) is 4.66. The minimum Gasteiger partial charge on any atom is -0.490 e. The molecule has 0 atom stereocenters. The third kappa shape index (κ3) is 3.09. The molecule has 2 fully saturated rings. The first-order chi connectivity index (χ1) is 9.72. The van der Waals surface area contributed by atoms with Gasteiger partial charge >= 0.3 is 0 Å². The van der Waals surface area contributed by atoms with Gasteiger partial charge in [-0.25, -0.2) is 0 Å². The lowest BCUT2D eigenvalue weighted by Crippen LogP contribution is -2.39. The second kappa shape index (κ2) is 6.04. The zero-order chi connectivity index (χ0) is 13.9. The molecule has 1 saturated heterocycles. The Balaban J connectivity index is 1.67. The Morgan fingerprint density at radius 2 is 1.80 bits per heavy atom. The average Bonchev–Trinajstić information content (AvgIpc) is 2.95. The highest BCUT2D eigenvalue weighted by molar-refractivity contribution is 5.53. The van der Waals surface area contributed by atoms with Crippen LogP contribution in [0.2, 0.25) is 0 Å². The summed E-state index contributed by atoms with van der Waals surface area (Å²) < 4.78 is 6.13. The van der Waals surface area contributed by atoms with E-state index in [1.54, 1.807) is 0 Å². The number of nitrogens with zero attached hydrogens (tertiary/aromatic N) is 1. The van der Waals surface area contributed by atoms with Crippen LogP contribution in [0.5, 0.6) is 5.75 Å². The number of aryl methyl sites for hydroxylation is 1. The van der Waals surface area contributed by atoms with E-state index >= 15 is 0 Å². The maximum absolute atomic E-state index is 6.13. The van der Waals surface area contributed by atoms with E-state index in [1.807, 2.05) is 0 Å². The number of hydrogen-bond acceptors (Lipinski definition) is 3. The van der Waals surface area contributed by atoms with Crippen LogP contribution in [0.15, 0.2) is 18.2 Å². The standard InChI is InChI=1S/C17H26N2O/c1-13-12-15(19-10-8-14(18)9-11-19)6-7-17(13)20-16-4-2-3-5-16/h6-7,12,14,16H,2-5,8-11,18H2,1H3. The normalized spacial score (nSPS) is 21.4. The van der Waals surface area contributed by atoms with Gasteiger partial charge in [0.25, 0.3) is 0 Å². The summed E-state index contributed by atoms with van der Waals surface area (Å²) in [5, 5.41) is 0. The minimum atomic E-state index is 0.386. The Kier molecular flexibility index (Phi) is 4.16. The van der Waals surface area contributed by atoms with Crippen LogP contribution in [-0.4, -0.2) is 25.2 Å². The summed E-state index contributed by atoms with van der Waals surface area (Å²) in [5.41, 5.74) is 8.54. The van der Waals surface area contributed by atoms with Gasteiger partial charge in [-0.2, -0.15) is 0 Å². The summed E-state index contributed by atoms with van der Waals surface area (Å²) in [5.74, 6) is 1.06. The van der Waals surface area contributed by atoms with Crippen molar-refractivity contribution in [3.8, 4) is 5.75 Å². The smallest absolute Gasteiger partial charge is 0.122 e. The quantitative estimate of drug-likeness (QED) is 0.919. The summed E-state index contributed by atoms with van der Waals surface area (Å²) in [6.45, 7) is 4.30. The van der Waals surface area contributed by atoms with Crippen molar-refractivity contribution in [2.24, 2.45) is 5.73 Å². The van der Waals surface area contributed by atoms with E-state index < -0.39 is 0 Å². The van der Waals surface area contributed by atoms with Gasteiger partial charge in [0.15, 0.2) is 0 Å². The van der Waals surface area contributed by atoms with E-state index in [0.29, 0.717) is 12.1 Å². The van der Waals surface area contributed by atoms with Gasteiger partial charge in [-0.3, -0.25) is 0 Å². The van der Waals surface area contributed by atoms with Crippen LogP contribution in [0.3, 0.4) is 0 Å². The molecule has 3 rings (SSSR count). The fourth-order valence-electron chi connectivity index (χ4n) is 3.31. The molecule has 1 aromatic rings. The number of hydrogen-bond donors (Lipinski definition) is 1. The first-order valence-corrected chi connectivity index (χ1v) is 8.00. The van der Waals surface area contributed by atoms with E-state index in [-0.39, 0.29) is 0 Å². The molecule has 1 heterocycles. The number of rotatable bonds is 3. The molecule has 110 valence electrons. The SMILES string of the molecule is Cc1cc(N2CCC(N)CC2)ccc1OC1CCCC1. The second-order valence-corrected chi connectivity index (χ2v) is 6.30. The fraction of sp³-hybridized carbons (Fsp3) is 0.647. The maximum atomic E-state index is 6.13. The maximum Gasteiger partial charge on any atom is 0.122 e. The Morgan fingerprint density at radius 3 is 2.45 bits per heavy atom. The molecule has 1 aliphatic carbocycles. The largest absolute Gasteiger partial charge is 0.490 e. The molecule has 1 saturated carbocycles. The van der Waals surface area contributed by atoms with Gasteiger partial charge in [0.2, 0.25) is 0 Å². The Labute approximate surface area is 122 Å². The van der Waals surface area contributed by atoms with Gasteiger partial charge < -0.3 is 15.4 Å². The molecular weight excluding hydrogens is 248 g/mol. The Hall–Kier alpha value is -1.22. The molecule has 0 spiro atoms. The topological polar surface area (TPSA) is 38.5 Å². The summed E-state index contributed by atoms with van der Waals surface area (Å²) >= 11 is 0. The predicted octanol–water partition coefficient (Wildman–Crippen LogP) is 3.24. The van der Waals surface area contributed by atoms with Gasteiger partial charge in [-0.1, -0.05) is 0 Å². The average molecular weight is 274 g/mol. The van der Waals surface area contributed by atoms with Crippen LogP contribution in [0.4, 0.5) is 5.69 Å². The minimum absolute atomic E-state index is 0.386. The lowest BCUT2D eigenvalue weighted by atomic mass is 10.0. The van der Waals surface area contributed by atoms with Gasteiger partial charge in [0.1, 0.15) is 5.75 Å². The molecule has 0 amide bonds. The molecule has 20 heavy (non-hydrogen) atoms. The highest BCUT2D eigenvalue weighted by atomic mass is 16.5. The van der Waals surface area contributed by atoms with Crippen LogP contribution in [-0.2, 0) is 0 Å². The van der Waals surface area contributed by atoms with Crippen molar-refractivity contribution >= 4 is 5.69 Å².